The van der Waals surface area contributed by atoms with Crippen molar-refractivity contribution in [2.75, 3.05) is 0 Å². The molecule has 0 aliphatic heterocycles. The number of hydrogen-bond donors (Lipinski definition) is 0. The Balaban J connectivity index is 2.55. The molecule has 0 atom stereocenters. The molecule has 1 saturated carbocycles. The Kier molecular flexibility index (Phi) is 3.40. The minimum absolute atomic E-state index is 0.125. The van der Waals surface area contributed by atoms with E-state index in [4.69, 9.17) is 4.74 Å². The highest BCUT2D eigenvalue weighted by atomic mass is 16.5. The van der Waals surface area contributed by atoms with Crippen LogP contribution in [0.3, 0.4) is 0 Å². The van der Waals surface area contributed by atoms with Gasteiger partial charge in [-0.25, -0.2) is 0 Å². The van der Waals surface area contributed by atoms with E-state index in [1.54, 1.807) is 0 Å². The zero-order valence-electron chi connectivity index (χ0n) is 9.44. The summed E-state index contributed by atoms with van der Waals surface area (Å²) in [5.74, 6) is 1.12. The number of allylic oxidation sites excluding steroid dienone is 2. The standard InChI is InChI=1S/C12H22O/c1-10(2)11(3)13-12(4)8-6-5-7-9-12/h5-9H2,1-4H3. The van der Waals surface area contributed by atoms with Crippen LogP contribution >= 0.6 is 0 Å². The van der Waals surface area contributed by atoms with E-state index in [0.29, 0.717) is 0 Å². The predicted molar refractivity (Wildman–Crippen MR) is 56.6 cm³/mol. The van der Waals surface area contributed by atoms with Gasteiger partial charge in [-0.1, -0.05) is 6.42 Å². The lowest BCUT2D eigenvalue weighted by molar-refractivity contribution is -0.0131. The quantitative estimate of drug-likeness (QED) is 0.586. The van der Waals surface area contributed by atoms with Gasteiger partial charge in [-0.15, -0.1) is 0 Å². The zero-order valence-corrected chi connectivity index (χ0v) is 9.44. The fourth-order valence-electron chi connectivity index (χ4n) is 1.87. The van der Waals surface area contributed by atoms with E-state index in [-0.39, 0.29) is 5.60 Å². The molecule has 0 aromatic carbocycles. The molecule has 0 bridgehead atoms. The van der Waals surface area contributed by atoms with Gasteiger partial charge in [0, 0.05) is 0 Å². The molecule has 0 aromatic rings. The lowest BCUT2D eigenvalue weighted by atomic mass is 9.86. The van der Waals surface area contributed by atoms with E-state index < -0.39 is 0 Å². The molecule has 1 aliphatic rings. The molecule has 1 rings (SSSR count). The molecule has 1 heteroatoms. The van der Waals surface area contributed by atoms with Crippen LogP contribution in [0, 0.1) is 0 Å². The van der Waals surface area contributed by atoms with E-state index >= 15 is 0 Å². The van der Waals surface area contributed by atoms with Crippen LogP contribution in [-0.2, 0) is 4.74 Å². The first-order valence-corrected chi connectivity index (χ1v) is 5.37. The van der Waals surface area contributed by atoms with Crippen molar-refractivity contribution in [1.29, 1.82) is 0 Å². The second-order valence-corrected chi connectivity index (χ2v) is 4.67. The van der Waals surface area contributed by atoms with Crippen molar-refractivity contribution in [2.24, 2.45) is 0 Å². The molecule has 0 heterocycles. The number of ether oxygens (including phenoxy) is 1. The fourth-order valence-corrected chi connectivity index (χ4v) is 1.87. The van der Waals surface area contributed by atoms with Gasteiger partial charge >= 0.3 is 0 Å². The second-order valence-electron chi connectivity index (χ2n) is 4.67. The molecule has 13 heavy (non-hydrogen) atoms. The van der Waals surface area contributed by atoms with E-state index in [0.717, 1.165) is 5.76 Å². The summed E-state index contributed by atoms with van der Waals surface area (Å²) in [5, 5.41) is 0. The predicted octanol–water partition coefficient (Wildman–Crippen LogP) is 4.04. The lowest BCUT2D eigenvalue weighted by Crippen LogP contribution is -2.30. The lowest BCUT2D eigenvalue weighted by Gasteiger charge is -2.35. The summed E-state index contributed by atoms with van der Waals surface area (Å²) in [6.45, 7) is 8.55. The molecule has 0 aromatic heterocycles. The van der Waals surface area contributed by atoms with Gasteiger partial charge in [-0.3, -0.25) is 0 Å². The summed E-state index contributed by atoms with van der Waals surface area (Å²) in [6.07, 6.45) is 6.47. The third-order valence-corrected chi connectivity index (χ3v) is 3.01. The summed E-state index contributed by atoms with van der Waals surface area (Å²) in [5.41, 5.74) is 1.42. The van der Waals surface area contributed by atoms with Gasteiger partial charge in [0.1, 0.15) is 5.60 Å². The Labute approximate surface area is 82.2 Å². The third kappa shape index (κ3) is 3.06. The summed E-state index contributed by atoms with van der Waals surface area (Å²) < 4.78 is 6.02. The topological polar surface area (TPSA) is 9.23 Å². The molecule has 0 N–H and O–H groups in total. The molecule has 0 amide bonds. The second kappa shape index (κ2) is 4.17. The van der Waals surface area contributed by atoms with Crippen LogP contribution in [-0.4, -0.2) is 5.60 Å². The van der Waals surface area contributed by atoms with Crippen molar-refractivity contribution in [3.63, 3.8) is 0 Å². The van der Waals surface area contributed by atoms with Crippen LogP contribution in [0.2, 0.25) is 0 Å². The maximum atomic E-state index is 6.02. The monoisotopic (exact) mass is 182 g/mol. The highest BCUT2D eigenvalue weighted by Gasteiger charge is 2.28. The molecule has 0 radical (unpaired) electrons. The van der Waals surface area contributed by atoms with Crippen molar-refractivity contribution in [1.82, 2.24) is 0 Å². The first-order chi connectivity index (χ1) is 6.03. The molecule has 1 fully saturated rings. The first-order valence-electron chi connectivity index (χ1n) is 5.37. The Bertz CT molecular complexity index is 193. The Morgan fingerprint density at radius 1 is 1.00 bits per heavy atom. The van der Waals surface area contributed by atoms with Crippen LogP contribution in [0.4, 0.5) is 0 Å². The van der Waals surface area contributed by atoms with Gasteiger partial charge in [-0.05, 0) is 59.0 Å². The number of hydrogen-bond acceptors (Lipinski definition) is 1. The van der Waals surface area contributed by atoms with E-state index in [2.05, 4.69) is 27.7 Å². The fraction of sp³-hybridized carbons (Fsp3) is 0.833. The normalized spacial score (nSPS) is 20.9. The van der Waals surface area contributed by atoms with Crippen LogP contribution < -0.4 is 0 Å². The number of rotatable bonds is 2. The maximum absolute atomic E-state index is 6.02. The van der Waals surface area contributed by atoms with Gasteiger partial charge in [-0.2, -0.15) is 0 Å². The van der Waals surface area contributed by atoms with Gasteiger partial charge in [0.2, 0.25) is 0 Å². The van der Waals surface area contributed by atoms with Crippen molar-refractivity contribution >= 4 is 0 Å². The Morgan fingerprint density at radius 2 is 1.54 bits per heavy atom. The van der Waals surface area contributed by atoms with Gasteiger partial charge < -0.3 is 4.74 Å². The van der Waals surface area contributed by atoms with Crippen molar-refractivity contribution in [3.05, 3.63) is 11.3 Å². The summed E-state index contributed by atoms with van der Waals surface area (Å²) in [4.78, 5) is 0. The van der Waals surface area contributed by atoms with Crippen molar-refractivity contribution in [2.45, 2.75) is 65.4 Å². The molecule has 1 nitrogen and oxygen atoms in total. The van der Waals surface area contributed by atoms with E-state index in [9.17, 15) is 0 Å². The zero-order chi connectivity index (χ0) is 9.90. The first kappa shape index (κ1) is 10.6. The van der Waals surface area contributed by atoms with E-state index in [1.165, 1.54) is 37.7 Å². The molecule has 76 valence electrons. The van der Waals surface area contributed by atoms with Crippen LogP contribution in [0.15, 0.2) is 11.3 Å². The SMILES string of the molecule is CC(C)=C(C)OC1(C)CCCCC1. The minimum atomic E-state index is 0.125. The van der Waals surface area contributed by atoms with E-state index in [1.807, 2.05) is 0 Å². The van der Waals surface area contributed by atoms with Crippen molar-refractivity contribution < 1.29 is 4.74 Å². The average Bonchev–Trinajstić information content (AvgIpc) is 2.04. The van der Waals surface area contributed by atoms with Gasteiger partial charge in [0.25, 0.3) is 0 Å². The molecule has 1 aliphatic carbocycles. The van der Waals surface area contributed by atoms with Gasteiger partial charge in [0.05, 0.1) is 5.76 Å². The molecular formula is C12H22O. The smallest absolute Gasteiger partial charge is 0.106 e. The van der Waals surface area contributed by atoms with Crippen LogP contribution in [0.25, 0.3) is 0 Å². The average molecular weight is 182 g/mol. The molecule has 0 unspecified atom stereocenters. The highest BCUT2D eigenvalue weighted by Crippen LogP contribution is 2.33. The minimum Gasteiger partial charge on any atom is -0.492 e. The maximum Gasteiger partial charge on any atom is 0.106 e. The Hall–Kier alpha value is -0.460. The molecule has 0 saturated heterocycles. The highest BCUT2D eigenvalue weighted by molar-refractivity contribution is 5.01. The summed E-state index contributed by atoms with van der Waals surface area (Å²) >= 11 is 0. The summed E-state index contributed by atoms with van der Waals surface area (Å²) in [7, 11) is 0. The molecular weight excluding hydrogens is 160 g/mol. The van der Waals surface area contributed by atoms with Gasteiger partial charge in [0.15, 0.2) is 0 Å². The van der Waals surface area contributed by atoms with Crippen LogP contribution in [0.5, 0.6) is 0 Å². The van der Waals surface area contributed by atoms with Crippen molar-refractivity contribution in [3.8, 4) is 0 Å². The van der Waals surface area contributed by atoms with Crippen LogP contribution in [0.1, 0.15) is 59.8 Å². The summed E-state index contributed by atoms with van der Waals surface area (Å²) in [6, 6.07) is 0. The largest absolute Gasteiger partial charge is 0.492 e. The third-order valence-electron chi connectivity index (χ3n) is 3.01. The molecule has 0 spiro atoms. The Morgan fingerprint density at radius 3 is 2.00 bits per heavy atom.